The number of carboxylic acids is 1. The number of likely N-dealkylation sites (N-methyl/N-ethyl adjacent to an activating group) is 1. The summed E-state index contributed by atoms with van der Waals surface area (Å²) in [6, 6.07) is 14.0. The van der Waals surface area contributed by atoms with E-state index in [1.54, 1.807) is 31.2 Å². The van der Waals surface area contributed by atoms with Crippen molar-refractivity contribution < 1.29 is 37.1 Å². The topological polar surface area (TPSA) is 105 Å². The van der Waals surface area contributed by atoms with Crippen LogP contribution >= 0.6 is 15.9 Å². The van der Waals surface area contributed by atoms with Crippen LogP contribution in [-0.2, 0) is 11.0 Å². The molecular weight excluding hydrogens is 624 g/mol. The van der Waals surface area contributed by atoms with Gasteiger partial charge in [-0.2, -0.15) is 18.3 Å². The van der Waals surface area contributed by atoms with Gasteiger partial charge < -0.3 is 10.4 Å². The zero-order valence-electron chi connectivity index (χ0n) is 21.7. The number of aromatic carboxylic acids is 1. The lowest BCUT2D eigenvalue weighted by Crippen LogP contribution is -2.55. The molecule has 0 aliphatic carbocycles. The van der Waals surface area contributed by atoms with Gasteiger partial charge in [0.05, 0.1) is 11.3 Å². The molecule has 3 aromatic carbocycles. The van der Waals surface area contributed by atoms with Crippen LogP contribution in [0.25, 0.3) is 5.69 Å². The maximum atomic E-state index is 14.1. The Morgan fingerprint density at radius 2 is 1.74 bits per heavy atom. The van der Waals surface area contributed by atoms with Crippen LogP contribution in [0.2, 0.25) is 0 Å². The number of carboxylic acid groups (broad SMARTS) is 1. The average Bonchev–Trinajstić information content (AvgIpc) is 3.34. The van der Waals surface area contributed by atoms with Crippen molar-refractivity contribution in [2.24, 2.45) is 0 Å². The molecule has 0 fully saturated rings. The third kappa shape index (κ3) is 5.27. The van der Waals surface area contributed by atoms with E-state index in [4.69, 9.17) is 0 Å². The first kappa shape index (κ1) is 29.0. The van der Waals surface area contributed by atoms with Gasteiger partial charge in [-0.3, -0.25) is 14.5 Å². The summed E-state index contributed by atoms with van der Waals surface area (Å²) in [5.74, 6) is -4.70. The van der Waals surface area contributed by atoms with E-state index in [1.165, 1.54) is 27.8 Å². The lowest BCUT2D eigenvalue weighted by atomic mass is 9.80. The Labute approximate surface area is 244 Å². The molecule has 0 unspecified atom stereocenters. The lowest BCUT2D eigenvalue weighted by Gasteiger charge is -2.38. The Hall–Kier alpha value is -4.52. The summed E-state index contributed by atoms with van der Waals surface area (Å²) in [6.07, 6.45) is -4.71. The maximum Gasteiger partial charge on any atom is 0.416 e. The minimum absolute atomic E-state index is 0.0383. The fraction of sp³-hybridized carbons (Fsp3) is 0.172. The number of nitrogens with zero attached hydrogens (tertiary/aromatic N) is 3. The summed E-state index contributed by atoms with van der Waals surface area (Å²) in [5.41, 5.74) is -1.03. The van der Waals surface area contributed by atoms with E-state index < -0.39 is 53.0 Å². The zero-order valence-corrected chi connectivity index (χ0v) is 23.3. The van der Waals surface area contributed by atoms with Crippen LogP contribution in [0.15, 0.2) is 77.3 Å². The van der Waals surface area contributed by atoms with E-state index in [0.717, 1.165) is 24.3 Å². The molecule has 1 aliphatic heterocycles. The van der Waals surface area contributed by atoms with Gasteiger partial charge in [-0.25, -0.2) is 13.9 Å². The number of aromatic nitrogens is 2. The molecule has 8 nitrogen and oxygen atoms in total. The molecule has 0 spiro atoms. The summed E-state index contributed by atoms with van der Waals surface area (Å²) >= 11 is 3.38. The second-order valence-corrected chi connectivity index (χ2v) is 10.3. The second kappa shape index (κ2) is 11.0. The van der Waals surface area contributed by atoms with Crippen LogP contribution < -0.4 is 10.2 Å². The van der Waals surface area contributed by atoms with Gasteiger partial charge >= 0.3 is 12.1 Å². The molecule has 13 heteroatoms. The molecule has 1 aliphatic rings. The average molecular weight is 645 g/mol. The standard InChI is InChI=1S/C29H21BrF4N4O4/c1-2-37-26-22(24(28(41)42)36-38(26)20-8-4-7-18(30)14-20)21(15-9-11-19(31)12-10-15)23(27(37)40)35-25(39)16-5-3-6-17(13-16)29(32,33)34/h3-14,21,23H,2H2,1H3,(H,35,39)(H,41,42)/t21-,23-/m1/s1. The van der Waals surface area contributed by atoms with Gasteiger partial charge in [0, 0.05) is 28.1 Å². The minimum Gasteiger partial charge on any atom is -0.476 e. The molecule has 0 radical (unpaired) electrons. The summed E-state index contributed by atoms with van der Waals surface area (Å²) in [7, 11) is 0. The molecular formula is C29H21BrF4N4O4. The van der Waals surface area contributed by atoms with Crippen molar-refractivity contribution in [3.8, 4) is 5.69 Å². The highest BCUT2D eigenvalue weighted by Gasteiger charge is 2.47. The Morgan fingerprint density at radius 3 is 2.36 bits per heavy atom. The van der Waals surface area contributed by atoms with Crippen LogP contribution in [-0.4, -0.2) is 45.3 Å². The predicted octanol–water partition coefficient (Wildman–Crippen LogP) is 5.79. The highest BCUT2D eigenvalue weighted by atomic mass is 79.9. The first-order valence-corrected chi connectivity index (χ1v) is 13.4. The lowest BCUT2D eigenvalue weighted by molar-refractivity contribution is -0.137. The molecule has 42 heavy (non-hydrogen) atoms. The van der Waals surface area contributed by atoms with Crippen LogP contribution in [0.1, 0.15) is 50.4 Å². The van der Waals surface area contributed by atoms with Gasteiger partial charge in [0.1, 0.15) is 17.7 Å². The number of halogens is 5. The number of nitrogens with one attached hydrogen (secondary N) is 1. The molecule has 2 atom stereocenters. The summed E-state index contributed by atoms with van der Waals surface area (Å²) < 4.78 is 55.9. The number of fused-ring (bicyclic) bond motifs is 1. The maximum absolute atomic E-state index is 14.1. The SMILES string of the molecule is CCN1C(=O)[C@H](NC(=O)c2cccc(C(F)(F)F)c2)[C@H](c2ccc(F)cc2)c2c(C(=O)O)nn(-c3cccc(Br)c3)c21. The normalized spacial score (nSPS) is 16.7. The fourth-order valence-corrected chi connectivity index (χ4v) is 5.42. The van der Waals surface area contributed by atoms with Crippen LogP contribution in [0.3, 0.4) is 0 Å². The van der Waals surface area contributed by atoms with Gasteiger partial charge in [0.25, 0.3) is 11.8 Å². The first-order chi connectivity index (χ1) is 19.9. The number of hydrogen-bond acceptors (Lipinski definition) is 4. The van der Waals surface area contributed by atoms with Crippen molar-refractivity contribution in [1.82, 2.24) is 15.1 Å². The van der Waals surface area contributed by atoms with E-state index >= 15 is 0 Å². The first-order valence-electron chi connectivity index (χ1n) is 12.6. The zero-order chi connectivity index (χ0) is 30.3. The Balaban J connectivity index is 1.71. The van der Waals surface area contributed by atoms with Crippen LogP contribution in [0.4, 0.5) is 23.4 Å². The predicted molar refractivity (Wildman–Crippen MR) is 147 cm³/mol. The smallest absolute Gasteiger partial charge is 0.416 e. The van der Waals surface area contributed by atoms with Crippen LogP contribution in [0.5, 0.6) is 0 Å². The molecule has 0 saturated carbocycles. The third-order valence-corrected chi connectivity index (χ3v) is 7.36. The van der Waals surface area contributed by atoms with Crippen molar-refractivity contribution >= 4 is 39.5 Å². The summed E-state index contributed by atoms with van der Waals surface area (Å²) in [6.45, 7) is 1.68. The second-order valence-electron chi connectivity index (χ2n) is 9.42. The van der Waals surface area contributed by atoms with Gasteiger partial charge in [-0.05, 0) is 61.0 Å². The van der Waals surface area contributed by atoms with E-state index in [-0.39, 0.29) is 29.1 Å². The van der Waals surface area contributed by atoms with Crippen molar-refractivity contribution in [1.29, 1.82) is 0 Å². The Bertz CT molecular complexity index is 1700. The number of anilines is 1. The van der Waals surface area contributed by atoms with Gasteiger partial charge in [0.2, 0.25) is 0 Å². The number of rotatable bonds is 6. The molecule has 2 amide bonds. The Morgan fingerprint density at radius 1 is 1.05 bits per heavy atom. The highest BCUT2D eigenvalue weighted by Crippen LogP contribution is 2.44. The van der Waals surface area contributed by atoms with Crippen molar-refractivity contribution in [2.75, 3.05) is 11.4 Å². The molecule has 5 rings (SSSR count). The molecule has 1 aromatic heterocycles. The highest BCUT2D eigenvalue weighted by molar-refractivity contribution is 9.10. The minimum atomic E-state index is -4.71. The number of benzene rings is 3. The number of amides is 2. The monoisotopic (exact) mass is 644 g/mol. The summed E-state index contributed by atoms with van der Waals surface area (Å²) in [5, 5.41) is 17.1. The Kier molecular flexibility index (Phi) is 7.62. The number of alkyl halides is 3. The molecule has 2 N–H and O–H groups in total. The molecule has 4 aromatic rings. The van der Waals surface area contributed by atoms with Gasteiger partial charge in [0.15, 0.2) is 5.69 Å². The largest absolute Gasteiger partial charge is 0.476 e. The van der Waals surface area contributed by atoms with Gasteiger partial charge in [-0.1, -0.05) is 40.2 Å². The van der Waals surface area contributed by atoms with Gasteiger partial charge in [-0.15, -0.1) is 0 Å². The number of carbonyl (C=O) groups is 3. The van der Waals surface area contributed by atoms with Crippen molar-refractivity contribution in [2.45, 2.75) is 25.1 Å². The molecule has 0 saturated heterocycles. The van der Waals surface area contributed by atoms with E-state index in [9.17, 15) is 37.1 Å². The van der Waals surface area contributed by atoms with E-state index in [2.05, 4.69) is 26.3 Å². The molecule has 0 bridgehead atoms. The van der Waals surface area contributed by atoms with E-state index in [0.29, 0.717) is 16.2 Å². The van der Waals surface area contributed by atoms with Crippen molar-refractivity contribution in [3.05, 3.63) is 111 Å². The van der Waals surface area contributed by atoms with Crippen LogP contribution in [0, 0.1) is 5.82 Å². The summed E-state index contributed by atoms with van der Waals surface area (Å²) in [4.78, 5) is 41.1. The third-order valence-electron chi connectivity index (χ3n) is 6.87. The number of hydrogen-bond donors (Lipinski definition) is 2. The number of carbonyl (C=O) groups excluding carboxylic acids is 2. The van der Waals surface area contributed by atoms with E-state index in [1.807, 2.05) is 0 Å². The quantitative estimate of drug-likeness (QED) is 0.259. The fourth-order valence-electron chi connectivity index (χ4n) is 5.04. The molecule has 216 valence electrons. The van der Waals surface area contributed by atoms with Crippen molar-refractivity contribution in [3.63, 3.8) is 0 Å². The molecule has 2 heterocycles.